The van der Waals surface area contributed by atoms with E-state index in [9.17, 15) is 0 Å². The number of halogens is 2. The highest BCUT2D eigenvalue weighted by Gasteiger charge is 1.94. The van der Waals surface area contributed by atoms with Gasteiger partial charge in [-0.25, -0.2) is 0 Å². The zero-order valence-corrected chi connectivity index (χ0v) is 12.5. The Morgan fingerprint density at radius 2 is 0.947 bits per heavy atom. The maximum atomic E-state index is 4.02. The number of hydrogen-bond acceptors (Lipinski definition) is 2. The van der Waals surface area contributed by atoms with Crippen LogP contribution >= 0.6 is 24.8 Å². The lowest BCUT2D eigenvalue weighted by Crippen LogP contribution is -1.89. The van der Waals surface area contributed by atoms with Crippen molar-refractivity contribution in [3.63, 3.8) is 0 Å². The van der Waals surface area contributed by atoms with Gasteiger partial charge < -0.3 is 0 Å². The van der Waals surface area contributed by atoms with E-state index in [-0.39, 0.29) is 24.8 Å². The predicted octanol–water partition coefficient (Wildman–Crippen LogP) is 4.28. The number of pyridine rings is 2. The standard InChI is InChI=1S/C15H18N2.2ClH/c1(2-4-14-6-10-16-11-7-14)3-5-15-8-12-17-13-9-15;;/h6-13H,1-5H2;2*1H. The topological polar surface area (TPSA) is 25.8 Å². The third kappa shape index (κ3) is 7.14. The first kappa shape index (κ1) is 17.9. The fourth-order valence-corrected chi connectivity index (χ4v) is 1.93. The highest BCUT2D eigenvalue weighted by atomic mass is 35.5. The maximum Gasteiger partial charge on any atom is 0.0270 e. The predicted molar refractivity (Wildman–Crippen MR) is 84.2 cm³/mol. The molecule has 2 nitrogen and oxygen atoms in total. The summed E-state index contributed by atoms with van der Waals surface area (Å²) < 4.78 is 0. The van der Waals surface area contributed by atoms with Gasteiger partial charge in [-0.2, -0.15) is 0 Å². The van der Waals surface area contributed by atoms with Crippen LogP contribution in [-0.2, 0) is 12.8 Å². The van der Waals surface area contributed by atoms with Gasteiger partial charge in [-0.15, -0.1) is 24.8 Å². The van der Waals surface area contributed by atoms with Crippen molar-refractivity contribution in [2.45, 2.75) is 32.1 Å². The fourth-order valence-electron chi connectivity index (χ4n) is 1.93. The second kappa shape index (κ2) is 10.8. The van der Waals surface area contributed by atoms with Crippen LogP contribution in [-0.4, -0.2) is 9.97 Å². The Bertz CT molecular complexity index is 379. The molecule has 2 rings (SSSR count). The minimum atomic E-state index is 0. The molecule has 0 amide bonds. The average Bonchev–Trinajstić information content (AvgIpc) is 2.41. The summed E-state index contributed by atoms with van der Waals surface area (Å²) in [6, 6.07) is 8.40. The van der Waals surface area contributed by atoms with Crippen LogP contribution in [0.5, 0.6) is 0 Å². The fraction of sp³-hybridized carbons (Fsp3) is 0.333. The Hall–Kier alpha value is -1.12. The summed E-state index contributed by atoms with van der Waals surface area (Å²) in [6.45, 7) is 0. The van der Waals surface area contributed by atoms with Gasteiger partial charge in [0.25, 0.3) is 0 Å². The Balaban J connectivity index is 0.00000162. The number of aromatic nitrogens is 2. The lowest BCUT2D eigenvalue weighted by Gasteiger charge is -2.02. The second-order valence-corrected chi connectivity index (χ2v) is 4.27. The maximum absolute atomic E-state index is 4.02. The molecule has 2 aromatic heterocycles. The molecule has 0 fully saturated rings. The third-order valence-electron chi connectivity index (χ3n) is 2.93. The van der Waals surface area contributed by atoms with E-state index in [0.29, 0.717) is 0 Å². The summed E-state index contributed by atoms with van der Waals surface area (Å²) in [7, 11) is 0. The van der Waals surface area contributed by atoms with E-state index >= 15 is 0 Å². The van der Waals surface area contributed by atoms with Crippen LogP contribution in [0.2, 0.25) is 0 Å². The molecule has 0 aromatic carbocycles. The normalized spacial score (nSPS) is 9.26. The van der Waals surface area contributed by atoms with Crippen LogP contribution in [0.3, 0.4) is 0 Å². The van der Waals surface area contributed by atoms with Crippen molar-refractivity contribution >= 4 is 24.8 Å². The highest BCUT2D eigenvalue weighted by Crippen LogP contribution is 2.08. The van der Waals surface area contributed by atoms with E-state index in [0.717, 1.165) is 0 Å². The lowest BCUT2D eigenvalue weighted by molar-refractivity contribution is 0.678. The molecule has 0 aliphatic carbocycles. The van der Waals surface area contributed by atoms with Crippen molar-refractivity contribution in [3.05, 3.63) is 60.2 Å². The van der Waals surface area contributed by atoms with Crippen LogP contribution in [0.4, 0.5) is 0 Å². The first-order chi connectivity index (χ1) is 8.45. The molecule has 0 aliphatic rings. The van der Waals surface area contributed by atoms with Gasteiger partial charge in [0.05, 0.1) is 0 Å². The summed E-state index contributed by atoms with van der Waals surface area (Å²) in [4.78, 5) is 8.05. The van der Waals surface area contributed by atoms with Gasteiger partial charge >= 0.3 is 0 Å². The zero-order chi connectivity index (χ0) is 11.8. The van der Waals surface area contributed by atoms with Crippen molar-refractivity contribution < 1.29 is 0 Å². The average molecular weight is 299 g/mol. The summed E-state index contributed by atoms with van der Waals surface area (Å²) in [5, 5.41) is 0. The number of rotatable bonds is 6. The second-order valence-electron chi connectivity index (χ2n) is 4.27. The van der Waals surface area contributed by atoms with E-state index in [1.165, 1.54) is 43.2 Å². The van der Waals surface area contributed by atoms with Crippen LogP contribution in [0.25, 0.3) is 0 Å². The molecule has 4 heteroatoms. The molecule has 2 aromatic rings. The van der Waals surface area contributed by atoms with Crippen molar-refractivity contribution in [3.8, 4) is 0 Å². The largest absolute Gasteiger partial charge is 0.265 e. The summed E-state index contributed by atoms with van der Waals surface area (Å²) >= 11 is 0. The van der Waals surface area contributed by atoms with E-state index < -0.39 is 0 Å². The molecule has 19 heavy (non-hydrogen) atoms. The van der Waals surface area contributed by atoms with Crippen LogP contribution in [0.1, 0.15) is 30.4 Å². The molecule has 0 aliphatic heterocycles. The molecule has 104 valence electrons. The minimum Gasteiger partial charge on any atom is -0.265 e. The Labute approximate surface area is 127 Å². The SMILES string of the molecule is Cl.Cl.c1cc(CCCCCc2ccncc2)ccn1. The minimum absolute atomic E-state index is 0. The highest BCUT2D eigenvalue weighted by molar-refractivity contribution is 5.85. The molecule has 0 unspecified atom stereocenters. The van der Waals surface area contributed by atoms with Gasteiger partial charge in [0.2, 0.25) is 0 Å². The Morgan fingerprint density at radius 1 is 0.579 bits per heavy atom. The first-order valence-electron chi connectivity index (χ1n) is 6.23. The van der Waals surface area contributed by atoms with Crippen molar-refractivity contribution in [1.29, 1.82) is 0 Å². The molecular formula is C15H20Cl2N2. The summed E-state index contributed by atoms with van der Waals surface area (Å²) in [5.74, 6) is 0. The lowest BCUT2D eigenvalue weighted by atomic mass is 10.0. The van der Waals surface area contributed by atoms with Gasteiger partial charge in [-0.3, -0.25) is 9.97 Å². The molecule has 0 N–H and O–H groups in total. The molecular weight excluding hydrogens is 279 g/mol. The van der Waals surface area contributed by atoms with E-state index in [2.05, 4.69) is 34.2 Å². The van der Waals surface area contributed by atoms with E-state index in [4.69, 9.17) is 0 Å². The molecule has 0 spiro atoms. The molecule has 0 saturated carbocycles. The van der Waals surface area contributed by atoms with Gasteiger partial charge in [0.15, 0.2) is 0 Å². The van der Waals surface area contributed by atoms with E-state index in [1.807, 2.05) is 24.8 Å². The smallest absolute Gasteiger partial charge is 0.0270 e. The summed E-state index contributed by atoms with van der Waals surface area (Å²) in [6.07, 6.45) is 13.6. The summed E-state index contributed by atoms with van der Waals surface area (Å²) in [5.41, 5.74) is 2.79. The molecule has 0 bridgehead atoms. The van der Waals surface area contributed by atoms with Crippen molar-refractivity contribution in [2.24, 2.45) is 0 Å². The van der Waals surface area contributed by atoms with Crippen molar-refractivity contribution in [2.75, 3.05) is 0 Å². The number of nitrogens with zero attached hydrogens (tertiary/aromatic N) is 2. The number of aryl methyl sites for hydroxylation is 2. The van der Waals surface area contributed by atoms with Crippen LogP contribution < -0.4 is 0 Å². The number of unbranched alkanes of at least 4 members (excludes halogenated alkanes) is 2. The first-order valence-corrected chi connectivity index (χ1v) is 6.23. The van der Waals surface area contributed by atoms with Crippen molar-refractivity contribution in [1.82, 2.24) is 9.97 Å². The van der Waals surface area contributed by atoms with E-state index in [1.54, 1.807) is 0 Å². The van der Waals surface area contributed by atoms with Gasteiger partial charge in [0, 0.05) is 24.8 Å². The molecule has 0 saturated heterocycles. The van der Waals surface area contributed by atoms with Gasteiger partial charge in [-0.05, 0) is 61.1 Å². The Kier molecular flexibility index (Phi) is 10.1. The number of hydrogen-bond donors (Lipinski definition) is 0. The molecule has 0 atom stereocenters. The third-order valence-corrected chi connectivity index (χ3v) is 2.93. The van der Waals surface area contributed by atoms with Gasteiger partial charge in [-0.1, -0.05) is 6.42 Å². The molecule has 2 heterocycles. The van der Waals surface area contributed by atoms with Gasteiger partial charge in [0.1, 0.15) is 0 Å². The molecule has 0 radical (unpaired) electrons. The quantitative estimate of drug-likeness (QED) is 0.744. The zero-order valence-electron chi connectivity index (χ0n) is 10.9. The Morgan fingerprint density at radius 3 is 1.32 bits per heavy atom. The van der Waals surface area contributed by atoms with Crippen LogP contribution in [0, 0.1) is 0 Å². The van der Waals surface area contributed by atoms with Crippen LogP contribution in [0.15, 0.2) is 49.1 Å². The monoisotopic (exact) mass is 298 g/mol.